The third-order valence-corrected chi connectivity index (χ3v) is 1.84. The van der Waals surface area contributed by atoms with Crippen molar-refractivity contribution in [2.24, 2.45) is 0 Å². The van der Waals surface area contributed by atoms with Crippen molar-refractivity contribution in [3.63, 3.8) is 0 Å². The highest BCUT2D eigenvalue weighted by Crippen LogP contribution is 2.14. The lowest BCUT2D eigenvalue weighted by Crippen LogP contribution is -1.85. The molecule has 1 rings (SSSR count). The van der Waals surface area contributed by atoms with Crippen LogP contribution in [-0.4, -0.2) is 12.9 Å². The predicted molar refractivity (Wildman–Crippen MR) is 56.5 cm³/mol. The number of allylic oxidation sites excluding steroid dienone is 2. The minimum absolute atomic E-state index is 0.486. The standard InChI is InChI=1S/C12H10F4/c13-11(14)7-5-9-3-1-2-4-10(9)6-8-12(15)16/h1-8,11-12H/b7-5+,8-6+. The number of benzene rings is 1. The monoisotopic (exact) mass is 230 g/mol. The van der Waals surface area contributed by atoms with Crippen LogP contribution in [0.25, 0.3) is 12.2 Å². The summed E-state index contributed by atoms with van der Waals surface area (Å²) in [5.41, 5.74) is 0.972. The summed E-state index contributed by atoms with van der Waals surface area (Å²) < 4.78 is 47.8. The van der Waals surface area contributed by atoms with E-state index in [9.17, 15) is 17.6 Å². The molecule has 16 heavy (non-hydrogen) atoms. The van der Waals surface area contributed by atoms with Gasteiger partial charge in [0.2, 0.25) is 0 Å². The molecule has 0 N–H and O–H groups in total. The first-order valence-corrected chi connectivity index (χ1v) is 4.61. The Hall–Kier alpha value is -1.58. The van der Waals surface area contributed by atoms with E-state index in [1.165, 1.54) is 12.2 Å². The Kier molecular flexibility index (Phi) is 4.76. The van der Waals surface area contributed by atoms with Crippen molar-refractivity contribution >= 4 is 12.2 Å². The van der Waals surface area contributed by atoms with Gasteiger partial charge in [0, 0.05) is 0 Å². The van der Waals surface area contributed by atoms with E-state index in [0.29, 0.717) is 11.1 Å². The van der Waals surface area contributed by atoms with Crippen LogP contribution in [0.4, 0.5) is 17.6 Å². The summed E-state index contributed by atoms with van der Waals surface area (Å²) in [7, 11) is 0. The van der Waals surface area contributed by atoms with Crippen LogP contribution in [0.3, 0.4) is 0 Å². The lowest BCUT2D eigenvalue weighted by molar-refractivity contribution is 0.204. The van der Waals surface area contributed by atoms with Crippen molar-refractivity contribution in [2.45, 2.75) is 12.9 Å². The van der Waals surface area contributed by atoms with Gasteiger partial charge in [0.15, 0.2) is 0 Å². The van der Waals surface area contributed by atoms with Crippen LogP contribution in [0.5, 0.6) is 0 Å². The molecule has 0 saturated carbocycles. The molecule has 0 aliphatic carbocycles. The maximum atomic E-state index is 11.9. The number of alkyl halides is 4. The molecule has 1 aromatic carbocycles. The topological polar surface area (TPSA) is 0 Å². The summed E-state index contributed by atoms with van der Waals surface area (Å²) in [4.78, 5) is 0. The van der Waals surface area contributed by atoms with Gasteiger partial charge in [-0.25, -0.2) is 17.6 Å². The van der Waals surface area contributed by atoms with Crippen molar-refractivity contribution in [1.82, 2.24) is 0 Å². The molecule has 0 spiro atoms. The maximum absolute atomic E-state index is 11.9. The molecule has 0 fully saturated rings. The van der Waals surface area contributed by atoms with Crippen molar-refractivity contribution < 1.29 is 17.6 Å². The Bertz CT molecular complexity index is 343. The van der Waals surface area contributed by atoms with E-state index in [-0.39, 0.29) is 0 Å². The highest BCUT2D eigenvalue weighted by Gasteiger charge is 1.99. The molecule has 0 aliphatic rings. The van der Waals surface area contributed by atoms with Gasteiger partial charge in [-0.05, 0) is 23.3 Å². The highest BCUT2D eigenvalue weighted by atomic mass is 19.3. The second-order valence-electron chi connectivity index (χ2n) is 3.02. The summed E-state index contributed by atoms with van der Waals surface area (Å²) in [6.45, 7) is 0. The molecule has 0 radical (unpaired) electrons. The third kappa shape index (κ3) is 4.29. The Morgan fingerprint density at radius 3 is 1.44 bits per heavy atom. The Morgan fingerprint density at radius 1 is 0.750 bits per heavy atom. The lowest BCUT2D eigenvalue weighted by atomic mass is 10.1. The number of hydrogen-bond acceptors (Lipinski definition) is 0. The molecule has 4 heteroatoms. The molecule has 0 aliphatic heterocycles. The van der Waals surface area contributed by atoms with E-state index >= 15 is 0 Å². The van der Waals surface area contributed by atoms with Crippen LogP contribution in [0.2, 0.25) is 0 Å². The number of hydrogen-bond donors (Lipinski definition) is 0. The van der Waals surface area contributed by atoms with E-state index in [2.05, 4.69) is 0 Å². The van der Waals surface area contributed by atoms with E-state index < -0.39 is 12.9 Å². The molecule has 0 atom stereocenters. The second-order valence-corrected chi connectivity index (χ2v) is 3.02. The second kappa shape index (κ2) is 6.10. The minimum atomic E-state index is -2.55. The molecule has 0 aromatic heterocycles. The molecule has 0 bridgehead atoms. The molecule has 0 heterocycles. The van der Waals surface area contributed by atoms with Crippen molar-refractivity contribution in [3.05, 3.63) is 47.5 Å². The predicted octanol–water partition coefficient (Wildman–Crippen LogP) is 4.24. The van der Waals surface area contributed by atoms with Gasteiger partial charge >= 0.3 is 0 Å². The van der Waals surface area contributed by atoms with Gasteiger partial charge in [0.1, 0.15) is 0 Å². The Morgan fingerprint density at radius 2 is 1.12 bits per heavy atom. The fourth-order valence-corrected chi connectivity index (χ4v) is 1.17. The van der Waals surface area contributed by atoms with Crippen molar-refractivity contribution in [3.8, 4) is 0 Å². The first-order chi connectivity index (χ1) is 7.59. The summed E-state index contributed by atoms with van der Waals surface area (Å²) >= 11 is 0. The quantitative estimate of drug-likeness (QED) is 0.678. The van der Waals surface area contributed by atoms with Crippen molar-refractivity contribution in [2.75, 3.05) is 0 Å². The largest absolute Gasteiger partial charge is 0.257 e. The lowest BCUT2D eigenvalue weighted by Gasteiger charge is -2.00. The summed E-state index contributed by atoms with van der Waals surface area (Å²) in [5.74, 6) is 0. The minimum Gasteiger partial charge on any atom is -0.206 e. The smallest absolute Gasteiger partial charge is 0.206 e. The first-order valence-electron chi connectivity index (χ1n) is 4.61. The zero-order valence-corrected chi connectivity index (χ0v) is 8.29. The van der Waals surface area contributed by atoms with Gasteiger partial charge in [-0.2, -0.15) is 0 Å². The molecular formula is C12H10F4. The van der Waals surface area contributed by atoms with Crippen LogP contribution in [0.1, 0.15) is 11.1 Å². The normalized spacial score (nSPS) is 12.4. The molecule has 0 unspecified atom stereocenters. The fourth-order valence-electron chi connectivity index (χ4n) is 1.17. The summed E-state index contributed by atoms with van der Waals surface area (Å²) in [5, 5.41) is 0. The molecule has 0 saturated heterocycles. The van der Waals surface area contributed by atoms with Crippen molar-refractivity contribution in [1.29, 1.82) is 0 Å². The first kappa shape index (κ1) is 12.5. The molecular weight excluding hydrogens is 220 g/mol. The third-order valence-electron chi connectivity index (χ3n) is 1.84. The Labute approximate surface area is 90.9 Å². The molecule has 1 aromatic rings. The summed E-state index contributed by atoms with van der Waals surface area (Å²) in [6.07, 6.45) is -1.23. The molecule has 0 nitrogen and oxygen atoms in total. The summed E-state index contributed by atoms with van der Waals surface area (Å²) in [6, 6.07) is 6.49. The van der Waals surface area contributed by atoms with Crippen LogP contribution >= 0.6 is 0 Å². The van der Waals surface area contributed by atoms with Gasteiger partial charge in [0.05, 0.1) is 0 Å². The zero-order valence-electron chi connectivity index (χ0n) is 8.29. The fraction of sp³-hybridized carbons (Fsp3) is 0.167. The maximum Gasteiger partial charge on any atom is 0.257 e. The van der Waals surface area contributed by atoms with Gasteiger partial charge < -0.3 is 0 Å². The van der Waals surface area contributed by atoms with E-state index in [1.54, 1.807) is 24.3 Å². The highest BCUT2D eigenvalue weighted by molar-refractivity contribution is 5.65. The number of rotatable bonds is 4. The van der Waals surface area contributed by atoms with E-state index in [0.717, 1.165) is 12.2 Å². The zero-order chi connectivity index (χ0) is 12.0. The van der Waals surface area contributed by atoms with E-state index in [4.69, 9.17) is 0 Å². The van der Waals surface area contributed by atoms with Crippen LogP contribution in [0, 0.1) is 0 Å². The number of halogens is 4. The molecule has 0 amide bonds. The Balaban J connectivity index is 2.92. The van der Waals surface area contributed by atoms with Gasteiger partial charge in [0.25, 0.3) is 12.9 Å². The average molecular weight is 230 g/mol. The van der Waals surface area contributed by atoms with Gasteiger partial charge in [-0.1, -0.05) is 36.4 Å². The van der Waals surface area contributed by atoms with Crippen LogP contribution in [0.15, 0.2) is 36.4 Å². The van der Waals surface area contributed by atoms with Gasteiger partial charge in [-0.15, -0.1) is 0 Å². The van der Waals surface area contributed by atoms with Crippen LogP contribution < -0.4 is 0 Å². The SMILES string of the molecule is FC(F)/C=C/c1ccccc1/C=C/C(F)F. The average Bonchev–Trinajstić information content (AvgIpc) is 2.24. The van der Waals surface area contributed by atoms with Gasteiger partial charge in [-0.3, -0.25) is 0 Å². The molecule has 86 valence electrons. The van der Waals surface area contributed by atoms with E-state index in [1.807, 2.05) is 0 Å². The van der Waals surface area contributed by atoms with Crippen LogP contribution in [-0.2, 0) is 0 Å².